The molecular formula is C14H16F3N5O2. The Morgan fingerprint density at radius 3 is 2.46 bits per heavy atom. The van der Waals surface area contributed by atoms with Gasteiger partial charge in [0, 0.05) is 6.42 Å². The Hall–Kier alpha value is -2.78. The minimum absolute atomic E-state index is 0.124. The van der Waals surface area contributed by atoms with Crippen molar-refractivity contribution >= 4 is 6.03 Å². The summed E-state index contributed by atoms with van der Waals surface area (Å²) in [7, 11) is 0. The van der Waals surface area contributed by atoms with Crippen LogP contribution < -0.4 is 16.3 Å². The van der Waals surface area contributed by atoms with Gasteiger partial charge in [-0.05, 0) is 12.5 Å². The molecule has 1 heterocycles. The number of H-pyrrole nitrogens is 2. The van der Waals surface area contributed by atoms with E-state index in [0.29, 0.717) is 0 Å². The molecule has 2 amide bonds. The topological polar surface area (TPSA) is 103 Å². The van der Waals surface area contributed by atoms with Crippen molar-refractivity contribution in [1.29, 1.82) is 0 Å². The summed E-state index contributed by atoms with van der Waals surface area (Å²) in [6.07, 6.45) is -4.30. The Bertz CT molecular complexity index is 726. The van der Waals surface area contributed by atoms with Crippen molar-refractivity contribution in [3.8, 4) is 0 Å². The van der Waals surface area contributed by atoms with Crippen LogP contribution in [0.25, 0.3) is 0 Å². The second-order valence-corrected chi connectivity index (χ2v) is 5.19. The molecule has 4 N–H and O–H groups in total. The van der Waals surface area contributed by atoms with E-state index in [1.807, 2.05) is 5.32 Å². The maximum atomic E-state index is 12.5. The molecule has 0 aliphatic carbocycles. The summed E-state index contributed by atoms with van der Waals surface area (Å²) in [5.74, 6) is 0.124. The van der Waals surface area contributed by atoms with Gasteiger partial charge in [0.25, 0.3) is 0 Å². The van der Waals surface area contributed by atoms with Crippen LogP contribution in [0.4, 0.5) is 18.0 Å². The Morgan fingerprint density at radius 2 is 1.92 bits per heavy atom. The van der Waals surface area contributed by atoms with Gasteiger partial charge in [-0.3, -0.25) is 4.98 Å². The minimum Gasteiger partial charge on any atom is -0.328 e. The first kappa shape index (κ1) is 17.6. The summed E-state index contributed by atoms with van der Waals surface area (Å²) in [5, 5.41) is 10.1. The molecule has 10 heteroatoms. The fourth-order valence-corrected chi connectivity index (χ4v) is 1.99. The zero-order valence-corrected chi connectivity index (χ0v) is 12.6. The van der Waals surface area contributed by atoms with E-state index in [0.717, 1.165) is 12.5 Å². The van der Waals surface area contributed by atoms with Crippen LogP contribution in [0.3, 0.4) is 0 Å². The number of amides is 2. The van der Waals surface area contributed by atoms with Crippen LogP contribution in [0.1, 0.15) is 24.4 Å². The monoisotopic (exact) mass is 343 g/mol. The number of hydrogen-bond donors (Lipinski definition) is 4. The molecule has 0 spiro atoms. The zero-order chi connectivity index (χ0) is 17.7. The normalized spacial score (nSPS) is 14.0. The number of carbonyl (C=O) groups excluding carboxylic acids is 1. The lowest BCUT2D eigenvalue weighted by atomic mass is 10.1. The third kappa shape index (κ3) is 4.86. The lowest BCUT2D eigenvalue weighted by Crippen LogP contribution is -2.48. The summed E-state index contributed by atoms with van der Waals surface area (Å²) in [4.78, 5) is 25.4. The molecule has 2 rings (SSSR count). The van der Waals surface area contributed by atoms with E-state index in [4.69, 9.17) is 0 Å². The first-order valence-electron chi connectivity index (χ1n) is 7.08. The maximum absolute atomic E-state index is 12.5. The van der Waals surface area contributed by atoms with E-state index in [2.05, 4.69) is 20.5 Å². The predicted molar refractivity (Wildman–Crippen MR) is 79.3 cm³/mol. The molecular weight excluding hydrogens is 327 g/mol. The second-order valence-electron chi connectivity index (χ2n) is 5.19. The Labute approximate surface area is 134 Å². The van der Waals surface area contributed by atoms with Gasteiger partial charge in [0.15, 0.2) is 5.82 Å². The Kier molecular flexibility index (Phi) is 5.27. The molecule has 7 nitrogen and oxygen atoms in total. The number of rotatable bonds is 5. The third-order valence-corrected chi connectivity index (χ3v) is 3.28. The van der Waals surface area contributed by atoms with Crippen molar-refractivity contribution < 1.29 is 18.0 Å². The lowest BCUT2D eigenvalue weighted by molar-refractivity contribution is -0.148. The summed E-state index contributed by atoms with van der Waals surface area (Å²) < 4.78 is 37.5. The molecule has 0 radical (unpaired) electrons. The van der Waals surface area contributed by atoms with Crippen molar-refractivity contribution in [2.24, 2.45) is 0 Å². The van der Waals surface area contributed by atoms with Gasteiger partial charge in [-0.15, -0.1) is 0 Å². The first-order valence-corrected chi connectivity index (χ1v) is 7.08. The molecule has 0 aliphatic heterocycles. The number of hydrogen-bond acceptors (Lipinski definition) is 3. The van der Waals surface area contributed by atoms with Gasteiger partial charge >= 0.3 is 17.9 Å². The molecule has 2 aromatic rings. The number of halogens is 3. The molecule has 0 aliphatic rings. The van der Waals surface area contributed by atoms with Crippen LogP contribution in [0.2, 0.25) is 0 Å². The van der Waals surface area contributed by atoms with Gasteiger partial charge in [-0.1, -0.05) is 30.3 Å². The number of aromatic amines is 2. The summed E-state index contributed by atoms with van der Waals surface area (Å²) in [5.41, 5.74) is 0.240. The fourth-order valence-electron chi connectivity index (χ4n) is 1.99. The number of nitrogens with zero attached hydrogens (tertiary/aromatic N) is 1. The van der Waals surface area contributed by atoms with E-state index in [1.165, 1.54) is 0 Å². The first-order chi connectivity index (χ1) is 11.3. The van der Waals surface area contributed by atoms with Crippen molar-refractivity contribution in [3.63, 3.8) is 0 Å². The van der Waals surface area contributed by atoms with Crippen molar-refractivity contribution in [3.05, 3.63) is 52.2 Å². The molecule has 0 saturated carbocycles. The van der Waals surface area contributed by atoms with Crippen molar-refractivity contribution in [1.82, 2.24) is 25.8 Å². The quantitative estimate of drug-likeness (QED) is 0.663. The highest BCUT2D eigenvalue weighted by Crippen LogP contribution is 2.20. The van der Waals surface area contributed by atoms with Crippen molar-refractivity contribution in [2.45, 2.75) is 31.6 Å². The van der Waals surface area contributed by atoms with Crippen LogP contribution in [-0.2, 0) is 6.42 Å². The molecule has 1 aromatic carbocycles. The number of alkyl halides is 3. The van der Waals surface area contributed by atoms with E-state index >= 15 is 0 Å². The highest BCUT2D eigenvalue weighted by atomic mass is 19.4. The van der Waals surface area contributed by atoms with Crippen LogP contribution in [0.5, 0.6) is 0 Å². The second kappa shape index (κ2) is 7.20. The number of urea groups is 1. The zero-order valence-electron chi connectivity index (χ0n) is 12.6. The van der Waals surface area contributed by atoms with Gasteiger partial charge in [-0.2, -0.15) is 18.3 Å². The molecule has 2 atom stereocenters. The average Bonchev–Trinajstić information content (AvgIpc) is 2.93. The number of carbonyl (C=O) groups is 1. The lowest BCUT2D eigenvalue weighted by Gasteiger charge is -2.21. The van der Waals surface area contributed by atoms with Gasteiger partial charge in [-0.25, -0.2) is 14.7 Å². The number of benzene rings is 1. The fraction of sp³-hybridized carbons (Fsp3) is 0.357. The van der Waals surface area contributed by atoms with Gasteiger partial charge in [0.05, 0.1) is 6.04 Å². The van der Waals surface area contributed by atoms with Crippen LogP contribution >= 0.6 is 0 Å². The van der Waals surface area contributed by atoms with Gasteiger partial charge in [0.1, 0.15) is 6.04 Å². The molecule has 24 heavy (non-hydrogen) atoms. The summed E-state index contributed by atoms with van der Waals surface area (Å²) in [6.45, 7) is 0.836. The third-order valence-electron chi connectivity index (χ3n) is 3.28. The van der Waals surface area contributed by atoms with Crippen LogP contribution in [0.15, 0.2) is 35.1 Å². The highest BCUT2D eigenvalue weighted by Gasteiger charge is 2.37. The number of nitrogens with one attached hydrogen (secondary N) is 4. The van der Waals surface area contributed by atoms with E-state index in [9.17, 15) is 22.8 Å². The molecule has 0 bridgehead atoms. The average molecular weight is 343 g/mol. The molecule has 0 saturated heterocycles. The van der Waals surface area contributed by atoms with Crippen molar-refractivity contribution in [2.75, 3.05) is 0 Å². The molecule has 0 fully saturated rings. The Balaban J connectivity index is 2.11. The Morgan fingerprint density at radius 1 is 1.25 bits per heavy atom. The molecule has 1 aromatic heterocycles. The smallest absolute Gasteiger partial charge is 0.328 e. The largest absolute Gasteiger partial charge is 0.408 e. The van der Waals surface area contributed by atoms with Gasteiger partial charge < -0.3 is 10.6 Å². The molecule has 1 unspecified atom stereocenters. The maximum Gasteiger partial charge on any atom is 0.408 e. The van der Waals surface area contributed by atoms with Crippen LogP contribution in [-0.4, -0.2) is 33.4 Å². The van der Waals surface area contributed by atoms with E-state index in [-0.39, 0.29) is 12.2 Å². The predicted octanol–water partition coefficient (Wildman–Crippen LogP) is 1.63. The minimum atomic E-state index is -4.55. The van der Waals surface area contributed by atoms with E-state index in [1.54, 1.807) is 30.3 Å². The van der Waals surface area contributed by atoms with E-state index < -0.39 is 30.0 Å². The van der Waals surface area contributed by atoms with Crippen LogP contribution in [0, 0.1) is 0 Å². The number of aromatic nitrogens is 3. The molecule has 130 valence electrons. The summed E-state index contributed by atoms with van der Waals surface area (Å²) in [6, 6.07) is 5.13. The standard InChI is InChI=1S/C14H16F3N5O2/c1-8(14(15,16)17)18-12(23)19-10(11-20-13(24)22-21-11)7-9-5-3-2-4-6-9/h2-6,8,10H,7H2,1H3,(H2,18,19,23)(H2,20,21,22,24)/t8-,10?/m1/s1. The summed E-state index contributed by atoms with van der Waals surface area (Å²) >= 11 is 0. The highest BCUT2D eigenvalue weighted by molar-refractivity contribution is 5.74. The van der Waals surface area contributed by atoms with Gasteiger partial charge in [0.2, 0.25) is 0 Å². The SMILES string of the molecule is C[C@@H](NC(=O)NC(Cc1ccccc1)c1n[nH]c(=O)[nH]1)C(F)(F)F.